The molecule has 0 atom stereocenters. The molecule has 1 N–H and O–H groups in total. The highest BCUT2D eigenvalue weighted by Crippen LogP contribution is 2.15. The minimum Gasteiger partial charge on any atom is -0.325 e. The first-order valence-electron chi connectivity index (χ1n) is 8.23. The lowest BCUT2D eigenvalue weighted by molar-refractivity contribution is -0.117. The SMILES string of the molecule is Cl.Cl.O=C(CN1CCN(Cc2ccccc2)CC1)Nc1cccc(Cl)c1. The number of hydrogen-bond acceptors (Lipinski definition) is 3. The molecule has 26 heavy (non-hydrogen) atoms. The molecule has 0 unspecified atom stereocenters. The number of carbonyl (C=O) groups excluding carboxylic acids is 1. The van der Waals surface area contributed by atoms with Gasteiger partial charge in [-0.1, -0.05) is 48.0 Å². The minimum absolute atomic E-state index is 0. The van der Waals surface area contributed by atoms with Gasteiger partial charge in [0.2, 0.25) is 5.91 Å². The standard InChI is InChI=1S/C19H22ClN3O.2ClH/c20-17-7-4-8-18(13-17)21-19(24)15-23-11-9-22(10-12-23)14-16-5-2-1-3-6-16;;/h1-8,13H,9-12,14-15H2,(H,21,24);2*1H. The van der Waals surface area contributed by atoms with Crippen molar-refractivity contribution in [3.63, 3.8) is 0 Å². The zero-order valence-corrected chi connectivity index (χ0v) is 16.8. The van der Waals surface area contributed by atoms with E-state index in [2.05, 4.69) is 39.4 Å². The molecular formula is C19H24Cl3N3O. The molecule has 4 nitrogen and oxygen atoms in total. The van der Waals surface area contributed by atoms with Crippen molar-refractivity contribution in [2.45, 2.75) is 6.54 Å². The molecule has 0 aromatic heterocycles. The number of nitrogens with one attached hydrogen (secondary N) is 1. The maximum atomic E-state index is 12.2. The summed E-state index contributed by atoms with van der Waals surface area (Å²) < 4.78 is 0. The quantitative estimate of drug-likeness (QED) is 0.802. The Kier molecular flexibility index (Phi) is 9.99. The van der Waals surface area contributed by atoms with Crippen LogP contribution in [0.25, 0.3) is 0 Å². The Morgan fingerprint density at radius 1 is 0.923 bits per heavy atom. The summed E-state index contributed by atoms with van der Waals surface area (Å²) >= 11 is 5.94. The van der Waals surface area contributed by atoms with Crippen LogP contribution in [0.3, 0.4) is 0 Å². The van der Waals surface area contributed by atoms with E-state index in [0.717, 1.165) is 38.4 Å². The van der Waals surface area contributed by atoms with Gasteiger partial charge in [-0.3, -0.25) is 14.6 Å². The number of anilines is 1. The molecule has 1 heterocycles. The first-order chi connectivity index (χ1) is 11.7. The topological polar surface area (TPSA) is 35.6 Å². The van der Waals surface area contributed by atoms with Gasteiger partial charge >= 0.3 is 0 Å². The van der Waals surface area contributed by atoms with E-state index < -0.39 is 0 Å². The van der Waals surface area contributed by atoms with Gasteiger partial charge in [0.1, 0.15) is 0 Å². The molecule has 2 aromatic rings. The molecule has 0 saturated carbocycles. The average molecular weight is 417 g/mol. The van der Waals surface area contributed by atoms with Crippen molar-refractivity contribution in [2.75, 3.05) is 38.0 Å². The van der Waals surface area contributed by atoms with Crippen molar-refractivity contribution >= 4 is 48.0 Å². The molecule has 1 aliphatic rings. The Balaban J connectivity index is 0.00000169. The second-order valence-electron chi connectivity index (χ2n) is 6.10. The third-order valence-corrected chi connectivity index (χ3v) is 4.42. The van der Waals surface area contributed by atoms with Gasteiger partial charge in [-0.15, -0.1) is 24.8 Å². The van der Waals surface area contributed by atoms with Crippen LogP contribution in [-0.2, 0) is 11.3 Å². The van der Waals surface area contributed by atoms with Crippen LogP contribution in [0.5, 0.6) is 0 Å². The number of rotatable bonds is 5. The lowest BCUT2D eigenvalue weighted by Crippen LogP contribution is -2.48. The number of halogens is 3. The largest absolute Gasteiger partial charge is 0.325 e. The van der Waals surface area contributed by atoms with Crippen molar-refractivity contribution in [3.8, 4) is 0 Å². The summed E-state index contributed by atoms with van der Waals surface area (Å²) in [5, 5.41) is 3.53. The number of benzene rings is 2. The van der Waals surface area contributed by atoms with Crippen LogP contribution in [0.1, 0.15) is 5.56 Å². The summed E-state index contributed by atoms with van der Waals surface area (Å²) in [6.07, 6.45) is 0. The van der Waals surface area contributed by atoms with E-state index in [-0.39, 0.29) is 30.7 Å². The van der Waals surface area contributed by atoms with Crippen molar-refractivity contribution in [3.05, 3.63) is 65.2 Å². The Hall–Kier alpha value is -1.30. The van der Waals surface area contributed by atoms with Gasteiger partial charge in [0.05, 0.1) is 6.54 Å². The highest BCUT2D eigenvalue weighted by Gasteiger charge is 2.19. The van der Waals surface area contributed by atoms with E-state index in [9.17, 15) is 4.79 Å². The fourth-order valence-corrected chi connectivity index (χ4v) is 3.11. The van der Waals surface area contributed by atoms with Crippen molar-refractivity contribution in [1.29, 1.82) is 0 Å². The van der Waals surface area contributed by atoms with Gasteiger partial charge in [-0.25, -0.2) is 0 Å². The Morgan fingerprint density at radius 2 is 1.58 bits per heavy atom. The molecule has 142 valence electrons. The van der Waals surface area contributed by atoms with Crippen LogP contribution in [-0.4, -0.2) is 48.4 Å². The van der Waals surface area contributed by atoms with Crippen molar-refractivity contribution in [2.24, 2.45) is 0 Å². The van der Waals surface area contributed by atoms with Gasteiger partial charge in [-0.2, -0.15) is 0 Å². The summed E-state index contributed by atoms with van der Waals surface area (Å²) in [5.74, 6) is 0.00813. The van der Waals surface area contributed by atoms with E-state index >= 15 is 0 Å². The highest BCUT2D eigenvalue weighted by molar-refractivity contribution is 6.30. The first kappa shape index (κ1) is 22.7. The van der Waals surface area contributed by atoms with Crippen LogP contribution in [0.15, 0.2) is 54.6 Å². The third-order valence-electron chi connectivity index (χ3n) is 4.19. The zero-order chi connectivity index (χ0) is 16.8. The van der Waals surface area contributed by atoms with Crippen LogP contribution in [0.2, 0.25) is 5.02 Å². The summed E-state index contributed by atoms with van der Waals surface area (Å²) in [7, 11) is 0. The highest BCUT2D eigenvalue weighted by atomic mass is 35.5. The fourth-order valence-electron chi connectivity index (χ4n) is 2.92. The molecule has 0 radical (unpaired) electrons. The number of piperazine rings is 1. The van der Waals surface area contributed by atoms with Crippen LogP contribution >= 0.6 is 36.4 Å². The Morgan fingerprint density at radius 3 is 2.23 bits per heavy atom. The summed E-state index contributed by atoms with van der Waals surface area (Å²) in [5.41, 5.74) is 2.08. The van der Waals surface area contributed by atoms with E-state index in [1.807, 2.05) is 18.2 Å². The predicted octanol–water partition coefficient (Wildman–Crippen LogP) is 3.94. The molecular weight excluding hydrogens is 393 g/mol. The molecule has 2 aromatic carbocycles. The van der Waals surface area contributed by atoms with Gasteiger partial charge < -0.3 is 5.32 Å². The maximum absolute atomic E-state index is 12.2. The summed E-state index contributed by atoms with van der Waals surface area (Å²) in [4.78, 5) is 16.8. The smallest absolute Gasteiger partial charge is 0.238 e. The van der Waals surface area contributed by atoms with Gasteiger partial charge in [-0.05, 0) is 23.8 Å². The normalized spacial score (nSPS) is 14.8. The second-order valence-corrected chi connectivity index (χ2v) is 6.53. The lowest BCUT2D eigenvalue weighted by Gasteiger charge is -2.34. The second kappa shape index (κ2) is 11.4. The number of amides is 1. The third kappa shape index (κ3) is 7.14. The number of carbonyl (C=O) groups is 1. The zero-order valence-electron chi connectivity index (χ0n) is 14.4. The fraction of sp³-hybridized carbons (Fsp3) is 0.316. The van der Waals surface area contributed by atoms with Crippen LogP contribution < -0.4 is 5.32 Å². The van der Waals surface area contributed by atoms with Crippen LogP contribution in [0, 0.1) is 0 Å². The molecule has 3 rings (SSSR count). The summed E-state index contributed by atoms with van der Waals surface area (Å²) in [6, 6.07) is 17.7. The molecule has 1 saturated heterocycles. The lowest BCUT2D eigenvalue weighted by atomic mass is 10.2. The molecule has 0 spiro atoms. The van der Waals surface area contributed by atoms with E-state index in [0.29, 0.717) is 11.6 Å². The maximum Gasteiger partial charge on any atom is 0.238 e. The van der Waals surface area contributed by atoms with Crippen LogP contribution in [0.4, 0.5) is 5.69 Å². The van der Waals surface area contributed by atoms with Gasteiger partial charge in [0.15, 0.2) is 0 Å². The first-order valence-corrected chi connectivity index (χ1v) is 8.61. The predicted molar refractivity (Wildman–Crippen MR) is 113 cm³/mol. The molecule has 7 heteroatoms. The monoisotopic (exact) mass is 415 g/mol. The number of nitrogens with zero attached hydrogens (tertiary/aromatic N) is 2. The molecule has 0 bridgehead atoms. The molecule has 1 amide bonds. The minimum atomic E-state index is 0. The van der Waals surface area contributed by atoms with Gasteiger partial charge in [0.25, 0.3) is 0 Å². The van der Waals surface area contributed by atoms with Crippen molar-refractivity contribution in [1.82, 2.24) is 9.80 Å². The number of hydrogen-bond donors (Lipinski definition) is 1. The van der Waals surface area contributed by atoms with E-state index in [4.69, 9.17) is 11.6 Å². The molecule has 1 fully saturated rings. The average Bonchev–Trinajstić information content (AvgIpc) is 2.57. The van der Waals surface area contributed by atoms with Gasteiger partial charge in [0, 0.05) is 43.4 Å². The Labute approximate surface area is 172 Å². The van der Waals surface area contributed by atoms with E-state index in [1.54, 1.807) is 12.1 Å². The molecule has 0 aliphatic carbocycles. The van der Waals surface area contributed by atoms with Crippen molar-refractivity contribution < 1.29 is 4.79 Å². The molecule has 1 aliphatic heterocycles. The van der Waals surface area contributed by atoms with E-state index in [1.165, 1.54) is 5.56 Å². The Bertz CT molecular complexity index is 677. The summed E-state index contributed by atoms with van der Waals surface area (Å²) in [6.45, 7) is 5.19.